The Kier molecular flexibility index (Phi) is 7.83. The SMILES string of the molecule is [C-]#[N+]c1ccc(CN2CCN(c3ccc(OCC(C)(C)O)cc3Cl)[C@H](c3ccc(Cl)cc3)C2)nc1. The Morgan fingerprint density at radius 3 is 2.51 bits per heavy atom. The van der Waals surface area contributed by atoms with Gasteiger partial charge in [-0.05, 0) is 49.7 Å². The van der Waals surface area contributed by atoms with Gasteiger partial charge in [0.2, 0.25) is 5.69 Å². The second-order valence-corrected chi connectivity index (χ2v) is 10.2. The third-order valence-electron chi connectivity index (χ3n) is 5.86. The van der Waals surface area contributed by atoms with Gasteiger partial charge in [-0.15, -0.1) is 0 Å². The molecule has 1 N–H and O–H groups in total. The van der Waals surface area contributed by atoms with Crippen LogP contribution in [0.4, 0.5) is 11.4 Å². The molecule has 0 aliphatic carbocycles. The number of hydrogen-bond donors (Lipinski definition) is 1. The average molecular weight is 511 g/mol. The van der Waals surface area contributed by atoms with Crippen molar-refractivity contribution in [2.75, 3.05) is 31.1 Å². The lowest BCUT2D eigenvalue weighted by Crippen LogP contribution is -2.48. The quantitative estimate of drug-likeness (QED) is 0.386. The van der Waals surface area contributed by atoms with Gasteiger partial charge >= 0.3 is 0 Å². The first-order valence-electron chi connectivity index (χ1n) is 11.4. The first-order valence-corrected chi connectivity index (χ1v) is 12.2. The van der Waals surface area contributed by atoms with Gasteiger partial charge in [-0.25, -0.2) is 4.85 Å². The molecule has 1 aliphatic rings. The number of hydrogen-bond acceptors (Lipinski definition) is 5. The number of nitrogens with zero attached hydrogens (tertiary/aromatic N) is 4. The van der Waals surface area contributed by atoms with E-state index in [0.717, 1.165) is 36.6 Å². The average Bonchev–Trinajstić information content (AvgIpc) is 2.84. The summed E-state index contributed by atoms with van der Waals surface area (Å²) in [6, 6.07) is 17.4. The van der Waals surface area contributed by atoms with Crippen molar-refractivity contribution in [1.29, 1.82) is 0 Å². The van der Waals surface area contributed by atoms with E-state index in [4.69, 9.17) is 34.5 Å². The molecule has 2 heterocycles. The molecule has 2 aromatic carbocycles. The summed E-state index contributed by atoms with van der Waals surface area (Å²) < 4.78 is 5.72. The Bertz CT molecular complexity index is 1190. The molecule has 0 unspecified atom stereocenters. The molecule has 0 spiro atoms. The number of pyridine rings is 1. The van der Waals surface area contributed by atoms with Gasteiger partial charge in [-0.1, -0.05) is 41.4 Å². The van der Waals surface area contributed by atoms with E-state index in [1.165, 1.54) is 0 Å². The van der Waals surface area contributed by atoms with Gasteiger partial charge in [0, 0.05) is 43.5 Å². The van der Waals surface area contributed by atoms with Gasteiger partial charge in [0.15, 0.2) is 0 Å². The Morgan fingerprint density at radius 1 is 1.11 bits per heavy atom. The van der Waals surface area contributed by atoms with Crippen LogP contribution in [0.3, 0.4) is 0 Å². The molecular weight excluding hydrogens is 483 g/mol. The topological polar surface area (TPSA) is 53.2 Å². The first-order chi connectivity index (χ1) is 16.7. The number of rotatable bonds is 7. The van der Waals surface area contributed by atoms with E-state index in [1.54, 1.807) is 26.1 Å². The fraction of sp³-hybridized carbons (Fsp3) is 0.333. The van der Waals surface area contributed by atoms with Gasteiger partial charge in [0.25, 0.3) is 0 Å². The van der Waals surface area contributed by atoms with Crippen molar-refractivity contribution in [2.24, 2.45) is 0 Å². The Balaban J connectivity index is 1.56. The molecule has 0 amide bonds. The van der Waals surface area contributed by atoms with Crippen LogP contribution in [-0.2, 0) is 6.54 Å². The van der Waals surface area contributed by atoms with E-state index in [2.05, 4.69) is 31.8 Å². The fourth-order valence-electron chi connectivity index (χ4n) is 4.12. The van der Waals surface area contributed by atoms with Crippen molar-refractivity contribution >= 4 is 34.6 Å². The predicted molar refractivity (Wildman–Crippen MR) is 141 cm³/mol. The van der Waals surface area contributed by atoms with Crippen molar-refractivity contribution < 1.29 is 9.84 Å². The molecule has 182 valence electrons. The monoisotopic (exact) mass is 510 g/mol. The van der Waals surface area contributed by atoms with Crippen LogP contribution in [-0.4, -0.2) is 46.8 Å². The molecule has 1 aliphatic heterocycles. The molecular formula is C27H28Cl2N4O2. The zero-order valence-electron chi connectivity index (χ0n) is 19.8. The third kappa shape index (κ3) is 6.65. The van der Waals surface area contributed by atoms with E-state index < -0.39 is 5.60 Å². The van der Waals surface area contributed by atoms with Gasteiger partial charge in [0.1, 0.15) is 12.4 Å². The summed E-state index contributed by atoms with van der Waals surface area (Å²) in [5.74, 6) is 0.622. The molecule has 8 heteroatoms. The van der Waals surface area contributed by atoms with Crippen LogP contribution in [0.25, 0.3) is 4.85 Å². The lowest BCUT2D eigenvalue weighted by molar-refractivity contribution is 0.0285. The number of halogens is 2. The summed E-state index contributed by atoms with van der Waals surface area (Å²) in [4.78, 5) is 12.6. The molecule has 1 saturated heterocycles. The third-order valence-corrected chi connectivity index (χ3v) is 6.42. The lowest BCUT2D eigenvalue weighted by Gasteiger charge is -2.43. The molecule has 4 rings (SSSR count). The largest absolute Gasteiger partial charge is 0.491 e. The van der Waals surface area contributed by atoms with Gasteiger partial charge in [-0.3, -0.25) is 9.88 Å². The van der Waals surface area contributed by atoms with Crippen LogP contribution in [0.15, 0.2) is 60.8 Å². The highest BCUT2D eigenvalue weighted by atomic mass is 35.5. The van der Waals surface area contributed by atoms with Gasteiger partial charge in [0.05, 0.1) is 34.6 Å². The van der Waals surface area contributed by atoms with E-state index in [9.17, 15) is 5.11 Å². The molecule has 35 heavy (non-hydrogen) atoms. The number of benzene rings is 2. The van der Waals surface area contributed by atoms with Crippen molar-refractivity contribution in [3.05, 3.63) is 93.5 Å². The molecule has 6 nitrogen and oxygen atoms in total. The van der Waals surface area contributed by atoms with E-state index in [0.29, 0.717) is 28.0 Å². The van der Waals surface area contributed by atoms with Gasteiger partial charge in [-0.2, -0.15) is 0 Å². The molecule has 1 fully saturated rings. The minimum atomic E-state index is -0.924. The Hall–Kier alpha value is -2.82. The first kappa shape index (κ1) is 25.3. The zero-order valence-corrected chi connectivity index (χ0v) is 21.3. The lowest BCUT2D eigenvalue weighted by atomic mass is 10.0. The highest BCUT2D eigenvalue weighted by Gasteiger charge is 2.30. The molecule has 3 aromatic rings. The van der Waals surface area contributed by atoms with Crippen LogP contribution in [0.2, 0.25) is 10.0 Å². The number of anilines is 1. The Morgan fingerprint density at radius 2 is 1.89 bits per heavy atom. The van der Waals surface area contributed by atoms with Crippen LogP contribution >= 0.6 is 23.2 Å². The highest BCUT2D eigenvalue weighted by Crippen LogP contribution is 2.37. The molecule has 1 atom stereocenters. The van der Waals surface area contributed by atoms with Crippen LogP contribution in [0, 0.1) is 6.57 Å². The molecule has 0 saturated carbocycles. The minimum Gasteiger partial charge on any atom is -0.491 e. The molecule has 0 bridgehead atoms. The van der Waals surface area contributed by atoms with Crippen molar-refractivity contribution in [3.63, 3.8) is 0 Å². The fourth-order valence-corrected chi connectivity index (χ4v) is 4.52. The molecule has 0 radical (unpaired) electrons. The Labute approximate surface area is 216 Å². The number of piperazine rings is 1. The summed E-state index contributed by atoms with van der Waals surface area (Å²) in [7, 11) is 0. The van der Waals surface area contributed by atoms with Crippen LogP contribution in [0.5, 0.6) is 5.75 Å². The van der Waals surface area contributed by atoms with Crippen LogP contribution in [0.1, 0.15) is 31.1 Å². The van der Waals surface area contributed by atoms with E-state index in [-0.39, 0.29) is 12.6 Å². The number of aromatic nitrogens is 1. The second kappa shape index (κ2) is 10.8. The summed E-state index contributed by atoms with van der Waals surface area (Å²) in [5.41, 5.74) is 2.64. The normalized spacial score (nSPS) is 16.7. The highest BCUT2D eigenvalue weighted by molar-refractivity contribution is 6.33. The number of ether oxygens (including phenoxy) is 1. The van der Waals surface area contributed by atoms with Gasteiger partial charge < -0.3 is 14.7 Å². The summed E-state index contributed by atoms with van der Waals surface area (Å²) >= 11 is 12.9. The molecule has 1 aromatic heterocycles. The van der Waals surface area contributed by atoms with Crippen molar-refractivity contribution in [2.45, 2.75) is 32.0 Å². The number of aliphatic hydroxyl groups is 1. The predicted octanol–water partition coefficient (Wildman–Crippen LogP) is 6.15. The second-order valence-electron chi connectivity index (χ2n) is 9.33. The minimum absolute atomic E-state index is 0.0594. The maximum absolute atomic E-state index is 9.95. The summed E-state index contributed by atoms with van der Waals surface area (Å²) in [5, 5.41) is 11.2. The van der Waals surface area contributed by atoms with Crippen molar-refractivity contribution in [3.8, 4) is 5.75 Å². The van der Waals surface area contributed by atoms with E-state index >= 15 is 0 Å². The van der Waals surface area contributed by atoms with E-state index in [1.807, 2.05) is 36.4 Å². The van der Waals surface area contributed by atoms with Crippen LogP contribution < -0.4 is 9.64 Å². The van der Waals surface area contributed by atoms with Crippen molar-refractivity contribution in [1.82, 2.24) is 9.88 Å². The summed E-state index contributed by atoms with van der Waals surface area (Å²) in [6.07, 6.45) is 1.62. The maximum atomic E-state index is 9.95. The maximum Gasteiger partial charge on any atom is 0.205 e. The smallest absolute Gasteiger partial charge is 0.205 e. The zero-order chi connectivity index (χ0) is 25.0. The summed E-state index contributed by atoms with van der Waals surface area (Å²) in [6.45, 7) is 13.8. The standard InChI is InChI=1S/C27H28Cl2N4O2/c1-27(2,34)18-35-23-10-11-25(24(29)14-23)33-13-12-32(16-22-9-8-21(30-3)15-31-22)17-26(33)19-4-6-20(28)7-5-19/h4-11,14-15,26,34H,12-13,16-18H2,1-2H3/t26-/m0/s1.